The van der Waals surface area contributed by atoms with Gasteiger partial charge in [0, 0.05) is 38.4 Å². The van der Waals surface area contributed by atoms with Gasteiger partial charge >= 0.3 is 5.97 Å². The van der Waals surface area contributed by atoms with Crippen LogP contribution in [0.3, 0.4) is 0 Å². The molecule has 1 aromatic heterocycles. The fraction of sp³-hybridized carbons (Fsp3) is 0.615. The van der Waals surface area contributed by atoms with Gasteiger partial charge in [0.15, 0.2) is 0 Å². The van der Waals surface area contributed by atoms with Crippen molar-refractivity contribution < 1.29 is 19.4 Å². The van der Waals surface area contributed by atoms with Crippen molar-refractivity contribution in [2.45, 2.75) is 25.9 Å². The van der Waals surface area contributed by atoms with Gasteiger partial charge in [-0.05, 0) is 13.8 Å². The second-order valence-electron chi connectivity index (χ2n) is 4.80. The van der Waals surface area contributed by atoms with Crippen LogP contribution >= 0.6 is 0 Å². The highest BCUT2D eigenvalue weighted by atomic mass is 16.5. The van der Waals surface area contributed by atoms with Gasteiger partial charge in [-0.1, -0.05) is 0 Å². The minimum atomic E-state index is -0.930. The summed E-state index contributed by atoms with van der Waals surface area (Å²) in [7, 11) is 2.86. The smallest absolute Gasteiger partial charge is 0.376 e. The first kappa shape index (κ1) is 16.3. The molecule has 0 aromatic carbocycles. The first-order valence-electron chi connectivity index (χ1n) is 6.27. The Labute approximate surface area is 118 Å². The second-order valence-corrected chi connectivity index (χ2v) is 4.80. The SMILES string of the molecule is COCCC(C)(O)CNc1cc(C)nc(C(=O)OC)n1. The molecule has 1 unspecified atom stereocenters. The number of carbonyl (C=O) groups excluding carboxylic acids is 1. The van der Waals surface area contributed by atoms with E-state index >= 15 is 0 Å². The number of nitrogens with zero attached hydrogens (tertiary/aromatic N) is 2. The highest BCUT2D eigenvalue weighted by Gasteiger charge is 2.20. The van der Waals surface area contributed by atoms with Crippen molar-refractivity contribution in [2.75, 3.05) is 32.7 Å². The number of hydrogen-bond acceptors (Lipinski definition) is 7. The molecular formula is C13H21N3O4. The molecule has 0 fully saturated rings. The van der Waals surface area contributed by atoms with Crippen molar-refractivity contribution in [2.24, 2.45) is 0 Å². The lowest BCUT2D eigenvalue weighted by Gasteiger charge is -2.23. The lowest BCUT2D eigenvalue weighted by Crippen LogP contribution is -2.35. The standard InChI is InChI=1S/C13H21N3O4/c1-9-7-10(16-11(15-9)12(17)20-4)14-8-13(2,18)5-6-19-3/h7,18H,5-6,8H2,1-4H3,(H,14,15,16). The molecular weight excluding hydrogens is 262 g/mol. The molecule has 1 rings (SSSR count). The molecule has 0 radical (unpaired) electrons. The van der Waals surface area contributed by atoms with Crippen LogP contribution in [0.25, 0.3) is 0 Å². The molecule has 0 saturated heterocycles. The van der Waals surface area contributed by atoms with Crippen LogP contribution in [0, 0.1) is 6.92 Å². The fourth-order valence-electron chi connectivity index (χ4n) is 1.53. The Balaban J connectivity index is 2.73. The van der Waals surface area contributed by atoms with E-state index in [1.165, 1.54) is 7.11 Å². The van der Waals surface area contributed by atoms with Crippen LogP contribution in [0.15, 0.2) is 6.07 Å². The van der Waals surface area contributed by atoms with Crippen molar-refractivity contribution in [3.05, 3.63) is 17.6 Å². The third-order valence-electron chi connectivity index (χ3n) is 2.72. The van der Waals surface area contributed by atoms with Crippen LogP contribution in [-0.2, 0) is 9.47 Å². The molecule has 112 valence electrons. The van der Waals surface area contributed by atoms with Crippen molar-refractivity contribution in [1.29, 1.82) is 0 Å². The number of rotatable bonds is 7. The van der Waals surface area contributed by atoms with Gasteiger partial charge in [0.2, 0.25) is 5.82 Å². The summed E-state index contributed by atoms with van der Waals surface area (Å²) in [6, 6.07) is 1.69. The highest BCUT2D eigenvalue weighted by Crippen LogP contribution is 2.12. The normalized spacial score (nSPS) is 13.7. The molecule has 0 spiro atoms. The van der Waals surface area contributed by atoms with Crippen LogP contribution in [0.2, 0.25) is 0 Å². The zero-order valence-electron chi connectivity index (χ0n) is 12.3. The van der Waals surface area contributed by atoms with E-state index in [0.717, 1.165) is 0 Å². The number of esters is 1. The van der Waals surface area contributed by atoms with Gasteiger partial charge in [0.05, 0.1) is 12.7 Å². The molecule has 0 aliphatic rings. The summed E-state index contributed by atoms with van der Waals surface area (Å²) >= 11 is 0. The average molecular weight is 283 g/mol. The Kier molecular flexibility index (Phi) is 5.84. The fourth-order valence-corrected chi connectivity index (χ4v) is 1.53. The van der Waals surface area contributed by atoms with E-state index < -0.39 is 11.6 Å². The average Bonchev–Trinajstić information content (AvgIpc) is 2.41. The zero-order valence-corrected chi connectivity index (χ0v) is 12.3. The van der Waals surface area contributed by atoms with Gasteiger partial charge in [-0.15, -0.1) is 0 Å². The van der Waals surface area contributed by atoms with E-state index in [1.807, 2.05) is 0 Å². The number of aliphatic hydroxyl groups is 1. The van der Waals surface area contributed by atoms with Crippen molar-refractivity contribution in [3.8, 4) is 0 Å². The Morgan fingerprint density at radius 1 is 1.45 bits per heavy atom. The number of aryl methyl sites for hydroxylation is 1. The summed E-state index contributed by atoms with van der Waals surface area (Å²) < 4.78 is 9.53. The van der Waals surface area contributed by atoms with Crippen LogP contribution < -0.4 is 5.32 Å². The maximum atomic E-state index is 11.4. The van der Waals surface area contributed by atoms with E-state index in [0.29, 0.717) is 24.5 Å². The Morgan fingerprint density at radius 2 is 2.15 bits per heavy atom. The number of ether oxygens (including phenoxy) is 2. The Hall–Kier alpha value is -1.73. The topological polar surface area (TPSA) is 93.6 Å². The summed E-state index contributed by atoms with van der Waals surface area (Å²) in [5.74, 6) is -0.134. The molecule has 1 aromatic rings. The largest absolute Gasteiger partial charge is 0.463 e. The first-order chi connectivity index (χ1) is 9.38. The minimum Gasteiger partial charge on any atom is -0.463 e. The molecule has 0 aliphatic heterocycles. The second kappa shape index (κ2) is 7.16. The van der Waals surface area contributed by atoms with E-state index in [4.69, 9.17) is 4.74 Å². The van der Waals surface area contributed by atoms with Gasteiger partial charge in [-0.2, -0.15) is 0 Å². The van der Waals surface area contributed by atoms with Gasteiger partial charge in [0.1, 0.15) is 5.82 Å². The predicted octanol–water partition coefficient (Wildman–Crippen LogP) is 0.771. The summed E-state index contributed by atoms with van der Waals surface area (Å²) in [4.78, 5) is 19.5. The van der Waals surface area contributed by atoms with Crippen molar-refractivity contribution >= 4 is 11.8 Å². The Morgan fingerprint density at radius 3 is 2.75 bits per heavy atom. The predicted molar refractivity (Wildman–Crippen MR) is 73.7 cm³/mol. The number of nitrogens with one attached hydrogen (secondary N) is 1. The van der Waals surface area contributed by atoms with Crippen molar-refractivity contribution in [3.63, 3.8) is 0 Å². The van der Waals surface area contributed by atoms with Crippen LogP contribution in [0.1, 0.15) is 29.7 Å². The molecule has 1 heterocycles. The summed E-state index contributed by atoms with van der Waals surface area (Å²) in [6.45, 7) is 4.20. The molecule has 0 amide bonds. The Bertz CT molecular complexity index is 463. The van der Waals surface area contributed by atoms with Gasteiger partial charge in [0.25, 0.3) is 0 Å². The van der Waals surface area contributed by atoms with Crippen LogP contribution in [-0.4, -0.2) is 54.0 Å². The van der Waals surface area contributed by atoms with Crippen molar-refractivity contribution in [1.82, 2.24) is 9.97 Å². The summed E-state index contributed by atoms with van der Waals surface area (Å²) in [6.07, 6.45) is 0.491. The molecule has 0 saturated carbocycles. The quantitative estimate of drug-likeness (QED) is 0.714. The van der Waals surface area contributed by atoms with Crippen LogP contribution in [0.4, 0.5) is 5.82 Å². The van der Waals surface area contributed by atoms with E-state index in [9.17, 15) is 9.90 Å². The maximum Gasteiger partial charge on any atom is 0.376 e. The van der Waals surface area contributed by atoms with Gasteiger partial charge < -0.3 is 19.9 Å². The van der Waals surface area contributed by atoms with Gasteiger partial charge in [-0.3, -0.25) is 0 Å². The minimum absolute atomic E-state index is 0.00784. The van der Waals surface area contributed by atoms with E-state index in [1.54, 1.807) is 27.0 Å². The lowest BCUT2D eigenvalue weighted by atomic mass is 10.0. The summed E-state index contributed by atoms with van der Waals surface area (Å²) in [5.41, 5.74) is -0.292. The molecule has 7 heteroatoms. The number of anilines is 1. The third kappa shape index (κ3) is 5.10. The zero-order chi connectivity index (χ0) is 15.2. The molecule has 0 bridgehead atoms. The maximum absolute atomic E-state index is 11.4. The number of carbonyl (C=O) groups is 1. The molecule has 2 N–H and O–H groups in total. The van der Waals surface area contributed by atoms with E-state index in [2.05, 4.69) is 20.0 Å². The third-order valence-corrected chi connectivity index (χ3v) is 2.72. The van der Waals surface area contributed by atoms with Gasteiger partial charge in [-0.25, -0.2) is 14.8 Å². The molecule has 1 atom stereocenters. The number of methoxy groups -OCH3 is 2. The molecule has 20 heavy (non-hydrogen) atoms. The van der Waals surface area contributed by atoms with E-state index in [-0.39, 0.29) is 12.4 Å². The molecule has 7 nitrogen and oxygen atoms in total. The number of hydrogen-bond donors (Lipinski definition) is 2. The lowest BCUT2D eigenvalue weighted by molar-refractivity contribution is 0.0357. The number of aromatic nitrogens is 2. The molecule has 0 aliphatic carbocycles. The summed E-state index contributed by atoms with van der Waals surface area (Å²) in [5, 5.41) is 13.1. The highest BCUT2D eigenvalue weighted by molar-refractivity contribution is 5.85. The van der Waals surface area contributed by atoms with Crippen LogP contribution in [0.5, 0.6) is 0 Å². The monoisotopic (exact) mass is 283 g/mol. The first-order valence-corrected chi connectivity index (χ1v) is 6.27.